The largest absolute Gasteiger partial charge is 0.462 e. The zero-order valence-corrected chi connectivity index (χ0v) is 19.9. The summed E-state index contributed by atoms with van der Waals surface area (Å²) in [6.45, 7) is 5.13. The quantitative estimate of drug-likeness (QED) is 0.301. The van der Waals surface area contributed by atoms with Gasteiger partial charge in [-0.05, 0) is 31.8 Å². The number of carbonyl (C=O) groups excluding carboxylic acids is 4. The van der Waals surface area contributed by atoms with Crippen LogP contribution in [0.3, 0.4) is 0 Å². The summed E-state index contributed by atoms with van der Waals surface area (Å²) < 4.78 is 25.7. The Labute approximate surface area is 193 Å². The van der Waals surface area contributed by atoms with E-state index in [9.17, 15) is 19.2 Å². The van der Waals surface area contributed by atoms with Crippen LogP contribution >= 0.6 is 0 Å². The van der Waals surface area contributed by atoms with Gasteiger partial charge in [0, 0.05) is 26.8 Å². The third kappa shape index (κ3) is 5.53. The fraction of sp³-hybridized carbons (Fsp3) is 0.727. The maximum absolute atomic E-state index is 13.8. The van der Waals surface area contributed by atoms with Crippen molar-refractivity contribution < 1.29 is 42.9 Å². The molecular formula is C22H34N2O9. The van der Waals surface area contributed by atoms with Crippen LogP contribution in [0.5, 0.6) is 0 Å². The number of nitrogens with zero attached hydrogens (tertiary/aromatic N) is 2. The molecule has 2 aliphatic heterocycles. The van der Waals surface area contributed by atoms with E-state index in [1.54, 1.807) is 13.8 Å². The van der Waals surface area contributed by atoms with Crippen LogP contribution in [-0.4, -0.2) is 92.3 Å². The average molecular weight is 471 g/mol. The molecule has 0 radical (unpaired) electrons. The molecule has 0 unspecified atom stereocenters. The van der Waals surface area contributed by atoms with Gasteiger partial charge in [0.15, 0.2) is 6.79 Å². The summed E-state index contributed by atoms with van der Waals surface area (Å²) in [6, 6.07) is -1.89. The molecule has 2 heterocycles. The van der Waals surface area contributed by atoms with Crippen molar-refractivity contribution in [3.05, 3.63) is 12.2 Å². The van der Waals surface area contributed by atoms with Crippen molar-refractivity contribution in [3.63, 3.8) is 0 Å². The highest BCUT2D eigenvalue weighted by Gasteiger charge is 2.57. The van der Waals surface area contributed by atoms with Crippen LogP contribution in [0.2, 0.25) is 0 Å². The summed E-state index contributed by atoms with van der Waals surface area (Å²) in [5.41, 5.74) is -1.96. The summed E-state index contributed by atoms with van der Waals surface area (Å²) in [7, 11) is 2.77. The van der Waals surface area contributed by atoms with Gasteiger partial charge in [0.1, 0.15) is 18.9 Å². The Balaban J connectivity index is 2.46. The third-order valence-electron chi connectivity index (χ3n) is 5.85. The highest BCUT2D eigenvalue weighted by molar-refractivity contribution is 6.02. The number of carbonyl (C=O) groups is 4. The second-order valence-corrected chi connectivity index (χ2v) is 7.90. The first kappa shape index (κ1) is 26.7. The van der Waals surface area contributed by atoms with E-state index in [1.807, 2.05) is 6.92 Å². The highest BCUT2D eigenvalue weighted by atomic mass is 16.7. The highest BCUT2D eigenvalue weighted by Crippen LogP contribution is 2.35. The van der Waals surface area contributed by atoms with Crippen LogP contribution in [-0.2, 0) is 42.9 Å². The van der Waals surface area contributed by atoms with E-state index in [4.69, 9.17) is 23.7 Å². The smallest absolute Gasteiger partial charge is 0.364 e. The molecule has 2 amide bonds. The van der Waals surface area contributed by atoms with Gasteiger partial charge in [0.25, 0.3) is 5.72 Å². The zero-order valence-electron chi connectivity index (χ0n) is 19.9. The van der Waals surface area contributed by atoms with Crippen LogP contribution in [0, 0.1) is 5.92 Å². The van der Waals surface area contributed by atoms with Gasteiger partial charge in [-0.1, -0.05) is 20.3 Å². The average Bonchev–Trinajstić information content (AvgIpc) is 3.42. The molecule has 11 heteroatoms. The Hall–Kier alpha value is -2.50. The van der Waals surface area contributed by atoms with Crippen molar-refractivity contribution in [1.82, 2.24) is 9.80 Å². The fourth-order valence-corrected chi connectivity index (χ4v) is 4.07. The van der Waals surface area contributed by atoms with Gasteiger partial charge in [-0.3, -0.25) is 14.5 Å². The molecule has 2 aliphatic rings. The van der Waals surface area contributed by atoms with E-state index in [1.165, 1.54) is 31.3 Å². The van der Waals surface area contributed by atoms with E-state index in [0.717, 1.165) is 4.90 Å². The van der Waals surface area contributed by atoms with E-state index in [-0.39, 0.29) is 26.1 Å². The molecule has 4 atom stereocenters. The number of methoxy groups -OCH3 is 2. The lowest BCUT2D eigenvalue weighted by Crippen LogP contribution is -2.64. The first-order chi connectivity index (χ1) is 15.8. The predicted molar refractivity (Wildman–Crippen MR) is 114 cm³/mol. The van der Waals surface area contributed by atoms with Crippen LogP contribution in [0.1, 0.15) is 40.0 Å². The Morgan fingerprint density at radius 2 is 1.85 bits per heavy atom. The summed E-state index contributed by atoms with van der Waals surface area (Å²) in [6.07, 6.45) is 4.01. The maximum Gasteiger partial charge on any atom is 0.364 e. The summed E-state index contributed by atoms with van der Waals surface area (Å²) >= 11 is 0. The second-order valence-electron chi connectivity index (χ2n) is 7.90. The number of hydrogen-bond donors (Lipinski definition) is 0. The summed E-state index contributed by atoms with van der Waals surface area (Å²) in [5, 5.41) is 0. The number of esters is 2. The number of rotatable bonds is 12. The maximum atomic E-state index is 13.8. The van der Waals surface area contributed by atoms with Crippen LogP contribution in [0.4, 0.5) is 0 Å². The lowest BCUT2D eigenvalue weighted by molar-refractivity contribution is -0.215. The fourth-order valence-electron chi connectivity index (χ4n) is 4.07. The topological polar surface area (TPSA) is 121 Å². The molecule has 1 saturated heterocycles. The predicted octanol–water partition coefficient (Wildman–Crippen LogP) is 0.818. The van der Waals surface area contributed by atoms with Crippen LogP contribution in [0.15, 0.2) is 12.2 Å². The Bertz CT molecular complexity index is 756. The monoisotopic (exact) mass is 470 g/mol. The minimum absolute atomic E-state index is 0.0499. The number of amides is 2. The van der Waals surface area contributed by atoms with Crippen molar-refractivity contribution in [2.24, 2.45) is 5.92 Å². The molecule has 0 saturated carbocycles. The molecule has 1 fully saturated rings. The standard InChI is InChI=1S/C22H34N2O9/c1-6-15(3)18(19(26)23-12-8-9-16(23)20(27)32-13-29-4)24-17(25)10-11-22(24,33-14-30-5)21(28)31-7-2/h10-11,15-16,18H,6-9,12-14H2,1-5H3/t15-,16-,18-,22-/m0/s1. The minimum atomic E-state index is -1.96. The zero-order chi connectivity index (χ0) is 24.6. The van der Waals surface area contributed by atoms with Gasteiger partial charge in [-0.25, -0.2) is 9.59 Å². The van der Waals surface area contributed by atoms with Crippen molar-refractivity contribution in [2.75, 3.05) is 41.0 Å². The molecule has 0 aliphatic carbocycles. The number of hydrogen-bond acceptors (Lipinski definition) is 9. The van der Waals surface area contributed by atoms with Crippen LogP contribution in [0.25, 0.3) is 0 Å². The van der Waals surface area contributed by atoms with E-state index in [0.29, 0.717) is 25.8 Å². The third-order valence-corrected chi connectivity index (χ3v) is 5.85. The van der Waals surface area contributed by atoms with Gasteiger partial charge in [-0.15, -0.1) is 0 Å². The molecule has 186 valence electrons. The second kappa shape index (κ2) is 12.1. The lowest BCUT2D eigenvalue weighted by Gasteiger charge is -2.43. The van der Waals surface area contributed by atoms with Gasteiger partial charge in [0.05, 0.1) is 6.61 Å². The Kier molecular flexibility index (Phi) is 9.81. The lowest BCUT2D eigenvalue weighted by atomic mass is 9.94. The Morgan fingerprint density at radius 1 is 1.15 bits per heavy atom. The molecule has 0 aromatic rings. The van der Waals surface area contributed by atoms with Gasteiger partial charge >= 0.3 is 11.9 Å². The van der Waals surface area contributed by atoms with E-state index < -0.39 is 41.6 Å². The first-order valence-electron chi connectivity index (χ1n) is 11.1. The molecule has 0 aromatic heterocycles. The molecule has 0 aromatic carbocycles. The van der Waals surface area contributed by atoms with Crippen molar-refractivity contribution in [3.8, 4) is 0 Å². The summed E-state index contributed by atoms with van der Waals surface area (Å²) in [4.78, 5) is 54.9. The first-order valence-corrected chi connectivity index (χ1v) is 11.1. The Morgan fingerprint density at radius 3 is 2.45 bits per heavy atom. The van der Waals surface area contributed by atoms with Gasteiger partial charge in [-0.2, -0.15) is 0 Å². The SMILES string of the molecule is CCOC(=O)[C@@]1(OCOC)C=CC(=O)N1[C@H](C(=O)N1CCC[C@H]1C(=O)OCOC)[C@@H](C)CC. The molecule has 11 nitrogen and oxygen atoms in total. The van der Waals surface area contributed by atoms with E-state index >= 15 is 0 Å². The summed E-state index contributed by atoms with van der Waals surface area (Å²) in [5.74, 6) is -2.81. The molecule has 0 N–H and O–H groups in total. The van der Waals surface area contributed by atoms with E-state index in [2.05, 4.69) is 0 Å². The van der Waals surface area contributed by atoms with Crippen molar-refractivity contribution in [2.45, 2.75) is 57.8 Å². The van der Waals surface area contributed by atoms with Crippen LogP contribution < -0.4 is 0 Å². The number of ether oxygens (including phenoxy) is 5. The van der Waals surface area contributed by atoms with Crippen molar-refractivity contribution in [1.29, 1.82) is 0 Å². The van der Waals surface area contributed by atoms with Crippen molar-refractivity contribution >= 4 is 23.8 Å². The molecule has 33 heavy (non-hydrogen) atoms. The molecular weight excluding hydrogens is 436 g/mol. The normalized spacial score (nSPS) is 24.2. The number of likely N-dealkylation sites (tertiary alicyclic amines) is 1. The van der Waals surface area contributed by atoms with Gasteiger partial charge < -0.3 is 28.6 Å². The minimum Gasteiger partial charge on any atom is -0.462 e. The van der Waals surface area contributed by atoms with Gasteiger partial charge in [0.2, 0.25) is 11.8 Å². The molecule has 2 rings (SSSR count). The molecule has 0 bridgehead atoms. The molecule has 0 spiro atoms.